The minimum absolute atomic E-state index is 0.0132. The number of carbonyl (C=O) groups excluding carboxylic acids is 2. The number of aromatic nitrogens is 2. The molecule has 4 aromatic rings. The fraction of sp³-hybridized carbons (Fsp3) is 0.214. The van der Waals surface area contributed by atoms with Crippen LogP contribution in [-0.2, 0) is 4.79 Å². The third kappa shape index (κ3) is 6.71. The highest BCUT2D eigenvalue weighted by Crippen LogP contribution is 2.26. The molecule has 1 saturated heterocycles. The topological polar surface area (TPSA) is 101 Å². The highest BCUT2D eigenvalue weighted by atomic mass is 35.5. The minimum Gasteiger partial charge on any atom is -0.497 e. The third-order valence-corrected chi connectivity index (χ3v) is 7.29. The fourth-order valence-corrected chi connectivity index (χ4v) is 4.85. The molecule has 1 fully saturated rings. The van der Waals surface area contributed by atoms with Crippen molar-refractivity contribution in [2.24, 2.45) is 0 Å². The van der Waals surface area contributed by atoms with Gasteiger partial charge in [-0.2, -0.15) is 0 Å². The van der Waals surface area contributed by atoms with Crippen molar-refractivity contribution in [2.75, 3.05) is 49.3 Å². The van der Waals surface area contributed by atoms with E-state index in [-0.39, 0.29) is 17.6 Å². The lowest BCUT2D eigenvalue weighted by atomic mass is 10.1. The van der Waals surface area contributed by atoms with E-state index in [0.29, 0.717) is 46.2 Å². The van der Waals surface area contributed by atoms with Crippen molar-refractivity contribution in [1.29, 1.82) is 0 Å². The zero-order valence-electron chi connectivity index (χ0n) is 21.2. The van der Waals surface area contributed by atoms with E-state index in [0.717, 1.165) is 24.3 Å². The second-order valence-electron chi connectivity index (χ2n) is 8.77. The van der Waals surface area contributed by atoms with Crippen LogP contribution in [0.25, 0.3) is 11.5 Å². The molecular formula is C28H26ClN5O4S. The molecule has 0 spiro atoms. The van der Waals surface area contributed by atoms with Gasteiger partial charge in [0.05, 0.1) is 12.9 Å². The van der Waals surface area contributed by atoms with Gasteiger partial charge in [0.15, 0.2) is 0 Å². The van der Waals surface area contributed by atoms with E-state index >= 15 is 0 Å². The first-order valence-electron chi connectivity index (χ1n) is 12.3. The van der Waals surface area contributed by atoms with Crippen LogP contribution in [0.1, 0.15) is 10.4 Å². The van der Waals surface area contributed by atoms with Crippen LogP contribution in [0.5, 0.6) is 5.75 Å². The van der Waals surface area contributed by atoms with Crippen LogP contribution < -0.4 is 15.0 Å². The van der Waals surface area contributed by atoms with Gasteiger partial charge in [-0.25, -0.2) is 0 Å². The third-order valence-electron chi connectivity index (χ3n) is 6.22. The summed E-state index contributed by atoms with van der Waals surface area (Å²) < 4.78 is 10.9. The van der Waals surface area contributed by atoms with Gasteiger partial charge >= 0.3 is 0 Å². The van der Waals surface area contributed by atoms with Gasteiger partial charge in [-0.1, -0.05) is 29.4 Å². The average Bonchev–Trinajstić information content (AvgIpc) is 3.46. The molecule has 0 saturated carbocycles. The van der Waals surface area contributed by atoms with E-state index in [4.69, 9.17) is 20.8 Å². The van der Waals surface area contributed by atoms with Gasteiger partial charge in [-0.15, -0.1) is 10.2 Å². The molecule has 0 atom stereocenters. The highest BCUT2D eigenvalue weighted by Gasteiger charge is 2.22. The molecule has 2 heterocycles. The Morgan fingerprint density at radius 2 is 1.74 bits per heavy atom. The molecule has 1 aliphatic heterocycles. The number of piperazine rings is 1. The predicted molar refractivity (Wildman–Crippen MR) is 152 cm³/mol. The van der Waals surface area contributed by atoms with Crippen LogP contribution in [0, 0.1) is 0 Å². The van der Waals surface area contributed by atoms with Crippen LogP contribution in [-0.4, -0.2) is 66.0 Å². The van der Waals surface area contributed by atoms with Gasteiger partial charge < -0.3 is 24.3 Å². The number of thioether (sulfide) groups is 1. The molecule has 1 aromatic heterocycles. The highest BCUT2D eigenvalue weighted by molar-refractivity contribution is 7.99. The molecule has 39 heavy (non-hydrogen) atoms. The van der Waals surface area contributed by atoms with Crippen LogP contribution in [0.15, 0.2) is 82.4 Å². The number of nitrogens with zero attached hydrogens (tertiary/aromatic N) is 4. The second kappa shape index (κ2) is 12.2. The molecular weight excluding hydrogens is 538 g/mol. The van der Waals surface area contributed by atoms with Crippen molar-refractivity contribution < 1.29 is 18.7 Å². The molecule has 3 aromatic carbocycles. The van der Waals surface area contributed by atoms with Crippen LogP contribution >= 0.6 is 23.4 Å². The smallest absolute Gasteiger partial charge is 0.277 e. The molecule has 0 unspecified atom stereocenters. The number of ether oxygens (including phenoxy) is 1. The number of methoxy groups -OCH3 is 1. The normalized spacial score (nSPS) is 13.3. The molecule has 0 aliphatic carbocycles. The fourth-order valence-electron chi connectivity index (χ4n) is 4.16. The maximum atomic E-state index is 12.7. The lowest BCUT2D eigenvalue weighted by Crippen LogP contribution is -2.48. The predicted octanol–water partition coefficient (Wildman–Crippen LogP) is 5.09. The molecule has 1 aliphatic rings. The summed E-state index contributed by atoms with van der Waals surface area (Å²) in [4.78, 5) is 29.3. The summed E-state index contributed by atoms with van der Waals surface area (Å²) in [7, 11) is 1.59. The van der Waals surface area contributed by atoms with E-state index in [9.17, 15) is 9.59 Å². The number of anilines is 2. The molecule has 5 rings (SSSR count). The van der Waals surface area contributed by atoms with Gasteiger partial charge in [0.25, 0.3) is 11.1 Å². The number of carbonyl (C=O) groups is 2. The average molecular weight is 564 g/mol. The zero-order valence-corrected chi connectivity index (χ0v) is 22.7. The Hall–Kier alpha value is -4.02. The SMILES string of the molecule is COc1cccc(-c2nnc(SCC(=O)Nc3ccc(N4CCN(C(=O)c5ccc(Cl)cc5)CC4)cc3)o2)c1. The number of nitrogens with one attached hydrogen (secondary N) is 1. The Labute approximate surface area is 235 Å². The number of amides is 2. The van der Waals surface area contributed by atoms with Gasteiger partial charge in [0.1, 0.15) is 5.75 Å². The lowest BCUT2D eigenvalue weighted by molar-refractivity contribution is -0.113. The standard InChI is InChI=1S/C28H26ClN5O4S/c1-37-24-4-2-3-20(17-24)26-31-32-28(38-26)39-18-25(35)30-22-9-11-23(12-10-22)33-13-15-34(16-14-33)27(36)19-5-7-21(29)8-6-19/h2-12,17H,13-16,18H2,1H3,(H,30,35). The van der Waals surface area contributed by atoms with Crippen molar-refractivity contribution >= 4 is 46.6 Å². The first-order valence-corrected chi connectivity index (χ1v) is 13.7. The Bertz CT molecular complexity index is 1440. The first kappa shape index (κ1) is 26.6. The van der Waals surface area contributed by atoms with E-state index in [1.807, 2.05) is 47.4 Å². The maximum Gasteiger partial charge on any atom is 0.277 e. The van der Waals surface area contributed by atoms with Gasteiger partial charge in [-0.3, -0.25) is 9.59 Å². The van der Waals surface area contributed by atoms with Crippen molar-refractivity contribution in [2.45, 2.75) is 5.22 Å². The first-order chi connectivity index (χ1) is 19.0. The molecule has 1 N–H and O–H groups in total. The molecule has 0 bridgehead atoms. The molecule has 200 valence electrons. The number of benzene rings is 3. The summed E-state index contributed by atoms with van der Waals surface area (Å²) in [5.41, 5.74) is 3.12. The van der Waals surface area contributed by atoms with E-state index < -0.39 is 0 Å². The van der Waals surface area contributed by atoms with Crippen molar-refractivity contribution in [3.8, 4) is 17.2 Å². The van der Waals surface area contributed by atoms with Crippen molar-refractivity contribution in [3.63, 3.8) is 0 Å². The number of hydrogen-bond acceptors (Lipinski definition) is 8. The Morgan fingerprint density at radius 3 is 2.46 bits per heavy atom. The number of hydrogen-bond donors (Lipinski definition) is 1. The van der Waals surface area contributed by atoms with Crippen molar-refractivity contribution in [3.05, 3.63) is 83.4 Å². The molecule has 9 nitrogen and oxygen atoms in total. The number of halogens is 1. The summed E-state index contributed by atoms with van der Waals surface area (Å²) in [6, 6.07) is 22.0. The van der Waals surface area contributed by atoms with Gasteiger partial charge in [0, 0.05) is 53.7 Å². The monoisotopic (exact) mass is 563 g/mol. The van der Waals surface area contributed by atoms with Crippen LogP contribution in [0.3, 0.4) is 0 Å². The van der Waals surface area contributed by atoms with Gasteiger partial charge in [-0.05, 0) is 66.7 Å². The molecule has 11 heteroatoms. The Kier molecular flexibility index (Phi) is 8.33. The summed E-state index contributed by atoms with van der Waals surface area (Å²) in [5.74, 6) is 1.02. The maximum absolute atomic E-state index is 12.7. The van der Waals surface area contributed by atoms with E-state index in [2.05, 4.69) is 20.4 Å². The molecule has 2 amide bonds. The van der Waals surface area contributed by atoms with E-state index in [1.165, 1.54) is 11.8 Å². The summed E-state index contributed by atoms with van der Waals surface area (Å²) >= 11 is 7.10. The quantitative estimate of drug-likeness (QED) is 0.296. The minimum atomic E-state index is -0.178. The summed E-state index contributed by atoms with van der Waals surface area (Å²) in [6.07, 6.45) is 0. The lowest BCUT2D eigenvalue weighted by Gasteiger charge is -2.36. The summed E-state index contributed by atoms with van der Waals surface area (Å²) in [6.45, 7) is 2.71. The van der Waals surface area contributed by atoms with Crippen molar-refractivity contribution in [1.82, 2.24) is 15.1 Å². The second-order valence-corrected chi connectivity index (χ2v) is 10.1. The van der Waals surface area contributed by atoms with Crippen LogP contribution in [0.4, 0.5) is 11.4 Å². The Balaban J connectivity index is 1.08. The van der Waals surface area contributed by atoms with E-state index in [1.54, 1.807) is 37.4 Å². The summed E-state index contributed by atoms with van der Waals surface area (Å²) in [5, 5.41) is 11.9. The Morgan fingerprint density at radius 1 is 1.00 bits per heavy atom. The number of rotatable bonds is 8. The largest absolute Gasteiger partial charge is 0.497 e. The molecule has 0 radical (unpaired) electrons. The zero-order chi connectivity index (χ0) is 27.2. The van der Waals surface area contributed by atoms with Gasteiger partial charge in [0.2, 0.25) is 11.8 Å². The van der Waals surface area contributed by atoms with Crippen LogP contribution in [0.2, 0.25) is 5.02 Å².